The molecule has 0 saturated heterocycles. The number of aliphatic hydroxyl groups is 1. The third kappa shape index (κ3) is 8.83. The SMILES string of the molecule is C=C(CCNC(=O)COc1ccc(Cl)c(F)c1)NC(=O)COc1ccccc1OCCO. The lowest BCUT2D eigenvalue weighted by Crippen LogP contribution is -2.32. The first kappa shape index (κ1) is 25.0. The van der Waals surface area contributed by atoms with Crippen molar-refractivity contribution in [2.75, 3.05) is 33.0 Å². The number of para-hydroxylation sites is 2. The molecule has 2 amide bonds. The molecule has 32 heavy (non-hydrogen) atoms. The first-order chi connectivity index (χ1) is 15.4. The monoisotopic (exact) mass is 466 g/mol. The normalized spacial score (nSPS) is 10.2. The Kier molecular flexibility index (Phi) is 10.3. The Morgan fingerprint density at radius 2 is 1.72 bits per heavy atom. The molecule has 0 unspecified atom stereocenters. The minimum Gasteiger partial charge on any atom is -0.487 e. The van der Waals surface area contributed by atoms with Crippen molar-refractivity contribution < 1.29 is 33.3 Å². The molecule has 10 heteroatoms. The fraction of sp³-hybridized carbons (Fsp3) is 0.273. The molecule has 0 aliphatic heterocycles. The third-order valence-corrected chi connectivity index (χ3v) is 4.19. The number of hydrogen-bond donors (Lipinski definition) is 3. The topological polar surface area (TPSA) is 106 Å². The van der Waals surface area contributed by atoms with Crippen LogP contribution in [0.3, 0.4) is 0 Å². The number of rotatable bonds is 13. The summed E-state index contributed by atoms with van der Waals surface area (Å²) in [6.45, 7) is 3.36. The highest BCUT2D eigenvalue weighted by Gasteiger charge is 2.09. The van der Waals surface area contributed by atoms with Gasteiger partial charge in [-0.05, 0) is 24.3 Å². The largest absolute Gasteiger partial charge is 0.487 e. The highest BCUT2D eigenvalue weighted by molar-refractivity contribution is 6.30. The van der Waals surface area contributed by atoms with Crippen molar-refractivity contribution in [2.45, 2.75) is 6.42 Å². The summed E-state index contributed by atoms with van der Waals surface area (Å²) in [5.74, 6) is -0.508. The minimum atomic E-state index is -0.637. The second-order valence-electron chi connectivity index (χ2n) is 6.42. The number of carbonyl (C=O) groups is 2. The molecule has 2 aromatic carbocycles. The molecule has 0 saturated carbocycles. The zero-order chi connectivity index (χ0) is 23.3. The summed E-state index contributed by atoms with van der Waals surface area (Å²) >= 11 is 5.58. The summed E-state index contributed by atoms with van der Waals surface area (Å²) in [4.78, 5) is 23.9. The molecule has 0 aromatic heterocycles. The number of aliphatic hydroxyl groups excluding tert-OH is 1. The van der Waals surface area contributed by atoms with Crippen LogP contribution >= 0.6 is 11.6 Å². The highest BCUT2D eigenvalue weighted by Crippen LogP contribution is 2.26. The standard InChI is InChI=1S/C22H24ClFN2O6/c1-15(8-9-25-21(28)13-31-16-6-7-17(23)18(24)12-16)26-22(29)14-32-20-5-3-2-4-19(20)30-11-10-27/h2-7,12,27H,1,8-11,13-14H2,(H,25,28)(H,26,29). The molecule has 0 atom stereocenters. The Morgan fingerprint density at radius 1 is 1.03 bits per heavy atom. The lowest BCUT2D eigenvalue weighted by atomic mass is 10.3. The second-order valence-corrected chi connectivity index (χ2v) is 6.83. The average Bonchev–Trinajstić information content (AvgIpc) is 2.77. The van der Waals surface area contributed by atoms with E-state index in [0.717, 1.165) is 6.07 Å². The van der Waals surface area contributed by atoms with E-state index in [1.807, 2.05) is 0 Å². The van der Waals surface area contributed by atoms with Crippen LogP contribution in [0.4, 0.5) is 4.39 Å². The number of halogens is 2. The van der Waals surface area contributed by atoms with Crippen molar-refractivity contribution in [3.63, 3.8) is 0 Å². The zero-order valence-corrected chi connectivity index (χ0v) is 18.0. The van der Waals surface area contributed by atoms with E-state index in [-0.39, 0.29) is 43.7 Å². The molecule has 172 valence electrons. The molecule has 8 nitrogen and oxygen atoms in total. The summed E-state index contributed by atoms with van der Waals surface area (Å²) in [7, 11) is 0. The number of nitrogens with one attached hydrogen (secondary N) is 2. The van der Waals surface area contributed by atoms with Gasteiger partial charge < -0.3 is 30.0 Å². The summed E-state index contributed by atoms with van der Waals surface area (Å²) in [5.41, 5.74) is 0.393. The minimum absolute atomic E-state index is 0.0352. The summed E-state index contributed by atoms with van der Waals surface area (Å²) in [6.07, 6.45) is 0.295. The Hall–Kier alpha value is -3.30. The molecule has 0 fully saturated rings. The lowest BCUT2D eigenvalue weighted by Gasteiger charge is -2.13. The maximum Gasteiger partial charge on any atom is 0.262 e. The molecule has 3 N–H and O–H groups in total. The van der Waals surface area contributed by atoms with Gasteiger partial charge in [-0.3, -0.25) is 9.59 Å². The van der Waals surface area contributed by atoms with E-state index in [4.69, 9.17) is 30.9 Å². The third-order valence-electron chi connectivity index (χ3n) is 3.88. The van der Waals surface area contributed by atoms with Crippen molar-refractivity contribution in [1.29, 1.82) is 0 Å². The summed E-state index contributed by atoms with van der Waals surface area (Å²) in [5, 5.41) is 14.0. The molecular formula is C22H24ClFN2O6. The van der Waals surface area contributed by atoms with Gasteiger partial charge in [0.2, 0.25) is 0 Å². The smallest absolute Gasteiger partial charge is 0.262 e. The first-order valence-corrected chi connectivity index (χ1v) is 10.0. The second kappa shape index (κ2) is 13.2. The fourth-order valence-electron chi connectivity index (χ4n) is 2.40. The van der Waals surface area contributed by atoms with Crippen LogP contribution in [0.15, 0.2) is 54.7 Å². The van der Waals surface area contributed by atoms with Crippen LogP contribution in [-0.4, -0.2) is 49.9 Å². The molecule has 2 rings (SSSR count). The van der Waals surface area contributed by atoms with Gasteiger partial charge in [-0.1, -0.05) is 30.3 Å². The lowest BCUT2D eigenvalue weighted by molar-refractivity contribution is -0.123. The van der Waals surface area contributed by atoms with E-state index in [0.29, 0.717) is 23.6 Å². The van der Waals surface area contributed by atoms with Gasteiger partial charge in [0.15, 0.2) is 24.7 Å². The Balaban J connectivity index is 1.64. The van der Waals surface area contributed by atoms with Crippen LogP contribution < -0.4 is 24.8 Å². The van der Waals surface area contributed by atoms with Gasteiger partial charge in [0.05, 0.1) is 11.6 Å². The fourth-order valence-corrected chi connectivity index (χ4v) is 2.52. The van der Waals surface area contributed by atoms with Gasteiger partial charge in [0.1, 0.15) is 18.2 Å². The number of amides is 2. The van der Waals surface area contributed by atoms with Gasteiger partial charge in [-0.2, -0.15) is 0 Å². The van der Waals surface area contributed by atoms with E-state index in [1.54, 1.807) is 24.3 Å². The van der Waals surface area contributed by atoms with Crippen molar-refractivity contribution in [1.82, 2.24) is 10.6 Å². The van der Waals surface area contributed by atoms with Gasteiger partial charge >= 0.3 is 0 Å². The van der Waals surface area contributed by atoms with E-state index in [9.17, 15) is 14.0 Å². The van der Waals surface area contributed by atoms with Gasteiger partial charge in [-0.25, -0.2) is 4.39 Å². The predicted molar refractivity (Wildman–Crippen MR) is 116 cm³/mol. The molecular weight excluding hydrogens is 443 g/mol. The van der Waals surface area contributed by atoms with Crippen molar-refractivity contribution >= 4 is 23.4 Å². The quantitative estimate of drug-likeness (QED) is 0.418. The average molecular weight is 467 g/mol. The molecule has 0 aliphatic carbocycles. The first-order valence-electron chi connectivity index (χ1n) is 9.66. The number of carbonyl (C=O) groups excluding carboxylic acids is 2. The van der Waals surface area contributed by atoms with Crippen molar-refractivity contribution in [3.8, 4) is 17.2 Å². The molecule has 0 radical (unpaired) electrons. The van der Waals surface area contributed by atoms with Gasteiger partial charge in [0, 0.05) is 24.7 Å². The van der Waals surface area contributed by atoms with Gasteiger partial charge in [-0.15, -0.1) is 0 Å². The number of ether oxygens (including phenoxy) is 3. The number of benzene rings is 2. The van der Waals surface area contributed by atoms with Crippen molar-refractivity contribution in [3.05, 3.63) is 65.6 Å². The molecule has 2 aromatic rings. The predicted octanol–water partition coefficient (Wildman–Crippen LogP) is 2.44. The molecule has 0 bridgehead atoms. The molecule has 0 heterocycles. The summed E-state index contributed by atoms with van der Waals surface area (Å²) < 4.78 is 29.3. The van der Waals surface area contributed by atoms with Crippen molar-refractivity contribution in [2.24, 2.45) is 0 Å². The van der Waals surface area contributed by atoms with E-state index < -0.39 is 17.6 Å². The Morgan fingerprint density at radius 3 is 2.41 bits per heavy atom. The van der Waals surface area contributed by atoms with Crippen LogP contribution in [0.5, 0.6) is 17.2 Å². The van der Waals surface area contributed by atoms with Crippen LogP contribution in [0.25, 0.3) is 0 Å². The maximum atomic E-state index is 13.3. The van der Waals surface area contributed by atoms with Crippen LogP contribution in [0, 0.1) is 5.82 Å². The Bertz CT molecular complexity index is 940. The van der Waals surface area contributed by atoms with Gasteiger partial charge in [0.25, 0.3) is 11.8 Å². The van der Waals surface area contributed by atoms with Crippen LogP contribution in [0.2, 0.25) is 5.02 Å². The number of hydrogen-bond acceptors (Lipinski definition) is 6. The van der Waals surface area contributed by atoms with Crippen LogP contribution in [-0.2, 0) is 9.59 Å². The highest BCUT2D eigenvalue weighted by atomic mass is 35.5. The maximum absolute atomic E-state index is 13.3. The zero-order valence-electron chi connectivity index (χ0n) is 17.2. The molecule has 0 spiro atoms. The van der Waals surface area contributed by atoms with E-state index >= 15 is 0 Å². The summed E-state index contributed by atoms with van der Waals surface area (Å²) in [6, 6.07) is 10.7. The van der Waals surface area contributed by atoms with Crippen LogP contribution in [0.1, 0.15) is 6.42 Å². The van der Waals surface area contributed by atoms with E-state index in [1.165, 1.54) is 12.1 Å². The molecule has 0 aliphatic rings. The van der Waals surface area contributed by atoms with E-state index in [2.05, 4.69) is 17.2 Å². The Labute approximate surface area is 189 Å².